The van der Waals surface area contributed by atoms with Gasteiger partial charge in [-0.25, -0.2) is 4.39 Å². The Kier molecular flexibility index (Phi) is 4.25. The van der Waals surface area contributed by atoms with Gasteiger partial charge < -0.3 is 5.32 Å². The fourth-order valence-corrected chi connectivity index (χ4v) is 2.57. The summed E-state index contributed by atoms with van der Waals surface area (Å²) in [6.07, 6.45) is -0.662. The van der Waals surface area contributed by atoms with Crippen LogP contribution in [0.5, 0.6) is 0 Å². The molecule has 1 fully saturated rings. The lowest BCUT2D eigenvalue weighted by atomic mass is 9.67. The van der Waals surface area contributed by atoms with Crippen molar-refractivity contribution < 1.29 is 22.4 Å². The summed E-state index contributed by atoms with van der Waals surface area (Å²) in [5.41, 5.74) is -1.56. The Morgan fingerprint density at radius 1 is 1.33 bits per heavy atom. The highest BCUT2D eigenvalue weighted by Gasteiger charge is 2.36. The third kappa shape index (κ3) is 3.36. The number of hydrogen-bond donors (Lipinski definition) is 1. The maximum atomic E-state index is 13.6. The molecule has 1 N–H and O–H groups in total. The Bertz CT molecular complexity index is 529. The minimum Gasteiger partial charge on any atom is -0.351 e. The van der Waals surface area contributed by atoms with E-state index in [0.717, 1.165) is 25.7 Å². The van der Waals surface area contributed by atoms with Crippen molar-refractivity contribution in [3.05, 3.63) is 35.1 Å². The number of halogens is 4. The van der Waals surface area contributed by atoms with Gasteiger partial charge in [-0.15, -0.1) is 0 Å². The molecule has 0 atom stereocenters. The monoisotopic (exact) mass is 303 g/mol. The van der Waals surface area contributed by atoms with Crippen molar-refractivity contribution in [2.45, 2.75) is 38.8 Å². The van der Waals surface area contributed by atoms with Gasteiger partial charge in [0.1, 0.15) is 5.82 Å². The second-order valence-electron chi connectivity index (χ2n) is 5.58. The normalized spacial score (nSPS) is 17.2. The number of alkyl halides is 3. The van der Waals surface area contributed by atoms with Crippen molar-refractivity contribution in [2.24, 2.45) is 5.41 Å². The third-order valence-electron chi connectivity index (χ3n) is 4.33. The van der Waals surface area contributed by atoms with Gasteiger partial charge in [0.25, 0.3) is 5.91 Å². The SMILES string of the molecule is CCC1(CNC(=O)c2cc(C(F)(F)F)ccc2F)CCC1. The van der Waals surface area contributed by atoms with Crippen LogP contribution < -0.4 is 5.32 Å². The van der Waals surface area contributed by atoms with Crippen molar-refractivity contribution >= 4 is 5.91 Å². The van der Waals surface area contributed by atoms with Crippen molar-refractivity contribution in [2.75, 3.05) is 6.54 Å². The fourth-order valence-electron chi connectivity index (χ4n) is 2.57. The lowest BCUT2D eigenvalue weighted by Gasteiger charge is -2.41. The van der Waals surface area contributed by atoms with Crippen LogP contribution in [-0.4, -0.2) is 12.5 Å². The van der Waals surface area contributed by atoms with E-state index in [0.29, 0.717) is 24.7 Å². The quantitative estimate of drug-likeness (QED) is 0.832. The number of carbonyl (C=O) groups excluding carboxylic acids is 1. The van der Waals surface area contributed by atoms with Crippen LogP contribution >= 0.6 is 0 Å². The van der Waals surface area contributed by atoms with Gasteiger partial charge >= 0.3 is 6.18 Å². The molecule has 0 saturated heterocycles. The smallest absolute Gasteiger partial charge is 0.351 e. The van der Waals surface area contributed by atoms with E-state index in [9.17, 15) is 22.4 Å². The summed E-state index contributed by atoms with van der Waals surface area (Å²) in [6, 6.07) is 1.87. The van der Waals surface area contributed by atoms with Crippen LogP contribution in [0.3, 0.4) is 0 Å². The predicted octanol–water partition coefficient (Wildman–Crippen LogP) is 4.15. The molecule has 0 bridgehead atoms. The van der Waals surface area contributed by atoms with Crippen molar-refractivity contribution in [3.8, 4) is 0 Å². The second-order valence-corrected chi connectivity index (χ2v) is 5.58. The molecule has 116 valence electrons. The molecule has 1 aliphatic carbocycles. The van der Waals surface area contributed by atoms with Crippen molar-refractivity contribution in [3.63, 3.8) is 0 Å². The van der Waals surface area contributed by atoms with Crippen LogP contribution in [0.1, 0.15) is 48.5 Å². The molecule has 2 rings (SSSR count). The maximum Gasteiger partial charge on any atom is 0.416 e. The summed E-state index contributed by atoms with van der Waals surface area (Å²) in [4.78, 5) is 11.9. The van der Waals surface area contributed by atoms with Crippen LogP contribution in [0.25, 0.3) is 0 Å². The largest absolute Gasteiger partial charge is 0.416 e. The first-order valence-electron chi connectivity index (χ1n) is 6.92. The Morgan fingerprint density at radius 3 is 2.48 bits per heavy atom. The van der Waals surface area contributed by atoms with Crippen LogP contribution in [0, 0.1) is 11.2 Å². The number of amides is 1. The highest BCUT2D eigenvalue weighted by atomic mass is 19.4. The molecule has 0 heterocycles. The average molecular weight is 303 g/mol. The third-order valence-corrected chi connectivity index (χ3v) is 4.33. The molecule has 2 nitrogen and oxygen atoms in total. The van der Waals surface area contributed by atoms with Crippen LogP contribution in [0.4, 0.5) is 17.6 Å². The van der Waals surface area contributed by atoms with Gasteiger partial charge in [0.2, 0.25) is 0 Å². The number of carbonyl (C=O) groups is 1. The molecule has 1 aromatic carbocycles. The molecule has 0 radical (unpaired) electrons. The lowest BCUT2D eigenvalue weighted by Crippen LogP contribution is -2.41. The fraction of sp³-hybridized carbons (Fsp3) is 0.533. The zero-order chi connectivity index (χ0) is 15.7. The lowest BCUT2D eigenvalue weighted by molar-refractivity contribution is -0.137. The first kappa shape index (κ1) is 15.8. The van der Waals surface area contributed by atoms with Gasteiger partial charge in [0.05, 0.1) is 11.1 Å². The van der Waals surface area contributed by atoms with Gasteiger partial charge in [-0.1, -0.05) is 13.3 Å². The Balaban J connectivity index is 2.11. The van der Waals surface area contributed by atoms with E-state index >= 15 is 0 Å². The van der Waals surface area contributed by atoms with E-state index in [-0.39, 0.29) is 5.41 Å². The Labute approximate surface area is 120 Å². The molecule has 1 amide bonds. The predicted molar refractivity (Wildman–Crippen MR) is 70.3 cm³/mol. The highest BCUT2D eigenvalue weighted by Crippen LogP contribution is 2.43. The zero-order valence-electron chi connectivity index (χ0n) is 11.7. The molecule has 6 heteroatoms. The van der Waals surface area contributed by atoms with E-state index in [1.54, 1.807) is 0 Å². The van der Waals surface area contributed by atoms with Crippen molar-refractivity contribution in [1.82, 2.24) is 5.32 Å². The highest BCUT2D eigenvalue weighted by molar-refractivity contribution is 5.94. The van der Waals surface area contributed by atoms with E-state index < -0.39 is 29.0 Å². The summed E-state index contributed by atoms with van der Waals surface area (Å²) >= 11 is 0. The number of hydrogen-bond acceptors (Lipinski definition) is 1. The van der Waals surface area contributed by atoms with Crippen LogP contribution in [0.15, 0.2) is 18.2 Å². The minimum atomic E-state index is -4.60. The molecule has 1 aromatic rings. The standard InChI is InChI=1S/C15H17F4NO/c1-2-14(6-3-7-14)9-20-13(21)11-8-10(15(17,18)19)4-5-12(11)16/h4-5,8H,2-3,6-7,9H2,1H3,(H,20,21). The van der Waals surface area contributed by atoms with Crippen molar-refractivity contribution in [1.29, 1.82) is 0 Å². The number of nitrogens with one attached hydrogen (secondary N) is 1. The summed E-state index contributed by atoms with van der Waals surface area (Å²) in [7, 11) is 0. The second kappa shape index (κ2) is 5.66. The van der Waals surface area contributed by atoms with Gasteiger partial charge in [-0.3, -0.25) is 4.79 Å². The van der Waals surface area contributed by atoms with Crippen LogP contribution in [0.2, 0.25) is 0 Å². The zero-order valence-corrected chi connectivity index (χ0v) is 11.7. The van der Waals surface area contributed by atoms with Gasteiger partial charge in [0.15, 0.2) is 0 Å². The Morgan fingerprint density at radius 2 is 2.00 bits per heavy atom. The first-order chi connectivity index (χ1) is 9.77. The summed E-state index contributed by atoms with van der Waals surface area (Å²) in [5, 5.41) is 2.57. The number of rotatable bonds is 4. The maximum absolute atomic E-state index is 13.6. The van der Waals surface area contributed by atoms with Gasteiger partial charge in [0, 0.05) is 6.54 Å². The molecular weight excluding hydrogens is 286 g/mol. The molecular formula is C15H17F4NO. The summed E-state index contributed by atoms with van der Waals surface area (Å²) in [6.45, 7) is 2.38. The molecule has 0 unspecified atom stereocenters. The molecule has 21 heavy (non-hydrogen) atoms. The van der Waals surface area contributed by atoms with E-state index in [1.807, 2.05) is 6.92 Å². The summed E-state index contributed by atoms with van der Waals surface area (Å²) < 4.78 is 51.4. The van der Waals surface area contributed by atoms with E-state index in [2.05, 4.69) is 5.32 Å². The van der Waals surface area contributed by atoms with E-state index in [1.165, 1.54) is 0 Å². The molecule has 1 aliphatic rings. The van der Waals surface area contributed by atoms with Gasteiger partial charge in [-0.2, -0.15) is 13.2 Å². The van der Waals surface area contributed by atoms with Crippen LogP contribution in [-0.2, 0) is 6.18 Å². The molecule has 0 spiro atoms. The van der Waals surface area contributed by atoms with E-state index in [4.69, 9.17) is 0 Å². The average Bonchev–Trinajstić information content (AvgIpc) is 2.36. The summed E-state index contributed by atoms with van der Waals surface area (Å²) in [5.74, 6) is -1.74. The first-order valence-corrected chi connectivity index (χ1v) is 6.92. The minimum absolute atomic E-state index is 0.0216. The Hall–Kier alpha value is -1.59. The molecule has 1 saturated carbocycles. The topological polar surface area (TPSA) is 29.1 Å². The van der Waals surface area contributed by atoms with Gasteiger partial charge in [-0.05, 0) is 42.9 Å². The molecule has 0 aromatic heterocycles. The number of benzene rings is 1. The molecule has 0 aliphatic heterocycles.